The molecule has 0 aromatic heterocycles. The van der Waals surface area contributed by atoms with Crippen LogP contribution in [0, 0.1) is 0 Å². The number of guanidine groups is 1. The molecule has 1 aliphatic heterocycles. The van der Waals surface area contributed by atoms with Crippen molar-refractivity contribution >= 4 is 11.9 Å². The van der Waals surface area contributed by atoms with Crippen LogP contribution in [0.4, 0.5) is 13.2 Å². The Bertz CT molecular complexity index is 423. The van der Waals surface area contributed by atoms with Gasteiger partial charge in [-0.1, -0.05) is 0 Å². The summed E-state index contributed by atoms with van der Waals surface area (Å²) >= 11 is 0. The van der Waals surface area contributed by atoms with E-state index in [9.17, 15) is 18.0 Å². The molecule has 24 heavy (non-hydrogen) atoms. The smallest absolute Gasteiger partial charge is 0.383 e. The first-order valence-corrected chi connectivity index (χ1v) is 7.81. The molecule has 0 aliphatic carbocycles. The van der Waals surface area contributed by atoms with Gasteiger partial charge < -0.3 is 20.3 Å². The first-order chi connectivity index (χ1) is 11.3. The summed E-state index contributed by atoms with van der Waals surface area (Å²) in [4.78, 5) is 19.0. The van der Waals surface area contributed by atoms with Crippen LogP contribution in [-0.2, 0) is 9.53 Å². The highest BCUT2D eigenvalue weighted by Gasteiger charge is 2.41. The highest BCUT2D eigenvalue weighted by Crippen LogP contribution is 2.25. The number of carbonyl (C=O) groups is 1. The molecular formula is C14H26F3N5O2. The van der Waals surface area contributed by atoms with E-state index in [0.717, 1.165) is 0 Å². The summed E-state index contributed by atoms with van der Waals surface area (Å²) in [6, 6.07) is -1.46. The highest BCUT2D eigenvalue weighted by molar-refractivity contribution is 5.86. The SMILES string of the molecule is CN=C(NCC(=O)NCCOC)N1CCN(C(C)C(F)(F)F)CC1. The van der Waals surface area contributed by atoms with Crippen molar-refractivity contribution in [2.24, 2.45) is 4.99 Å². The number of alkyl halides is 3. The lowest BCUT2D eigenvalue weighted by atomic mass is 10.2. The monoisotopic (exact) mass is 353 g/mol. The van der Waals surface area contributed by atoms with Crippen molar-refractivity contribution in [3.05, 3.63) is 0 Å². The summed E-state index contributed by atoms with van der Waals surface area (Å²) in [5, 5.41) is 5.59. The van der Waals surface area contributed by atoms with Crippen molar-refractivity contribution in [2.75, 3.05) is 60.0 Å². The largest absolute Gasteiger partial charge is 0.403 e. The number of piperazine rings is 1. The number of rotatable bonds is 6. The van der Waals surface area contributed by atoms with Gasteiger partial charge in [0.1, 0.15) is 6.04 Å². The van der Waals surface area contributed by atoms with Gasteiger partial charge in [0.2, 0.25) is 5.91 Å². The third kappa shape index (κ3) is 6.52. The summed E-state index contributed by atoms with van der Waals surface area (Å²) in [5.41, 5.74) is 0. The molecule has 1 rings (SSSR count). The van der Waals surface area contributed by atoms with Crippen molar-refractivity contribution in [3.63, 3.8) is 0 Å². The van der Waals surface area contributed by atoms with Crippen LogP contribution < -0.4 is 10.6 Å². The number of ether oxygens (including phenoxy) is 1. The molecule has 1 heterocycles. The van der Waals surface area contributed by atoms with Gasteiger partial charge in [-0.05, 0) is 6.92 Å². The van der Waals surface area contributed by atoms with Crippen molar-refractivity contribution < 1.29 is 22.7 Å². The molecule has 10 heteroatoms. The molecule has 1 fully saturated rings. The fourth-order valence-corrected chi connectivity index (χ4v) is 2.37. The van der Waals surface area contributed by atoms with Crippen molar-refractivity contribution in [3.8, 4) is 0 Å². The predicted molar refractivity (Wildman–Crippen MR) is 84.9 cm³/mol. The zero-order chi connectivity index (χ0) is 18.2. The van der Waals surface area contributed by atoms with Crippen LogP contribution in [0.1, 0.15) is 6.92 Å². The normalized spacial score (nSPS) is 18.4. The van der Waals surface area contributed by atoms with E-state index in [1.165, 1.54) is 11.8 Å². The molecule has 0 bridgehead atoms. The van der Waals surface area contributed by atoms with E-state index < -0.39 is 12.2 Å². The molecule has 7 nitrogen and oxygen atoms in total. The zero-order valence-corrected chi connectivity index (χ0v) is 14.3. The predicted octanol–water partition coefficient (Wildman–Crippen LogP) is -0.107. The van der Waals surface area contributed by atoms with Gasteiger partial charge in [-0.2, -0.15) is 13.2 Å². The number of nitrogens with zero attached hydrogens (tertiary/aromatic N) is 3. The van der Waals surface area contributed by atoms with Crippen LogP contribution in [0.5, 0.6) is 0 Å². The molecule has 140 valence electrons. The number of methoxy groups -OCH3 is 1. The van der Waals surface area contributed by atoms with Crippen LogP contribution in [0.15, 0.2) is 4.99 Å². The van der Waals surface area contributed by atoms with E-state index in [1.54, 1.807) is 14.2 Å². The molecule has 0 radical (unpaired) electrons. The Morgan fingerprint density at radius 1 is 1.25 bits per heavy atom. The maximum Gasteiger partial charge on any atom is 0.403 e. The van der Waals surface area contributed by atoms with E-state index in [2.05, 4.69) is 15.6 Å². The van der Waals surface area contributed by atoms with E-state index in [1.807, 2.05) is 4.90 Å². The second kappa shape index (κ2) is 9.67. The lowest BCUT2D eigenvalue weighted by molar-refractivity contribution is -0.181. The molecule has 1 amide bonds. The lowest BCUT2D eigenvalue weighted by Gasteiger charge is -2.39. The minimum Gasteiger partial charge on any atom is -0.383 e. The number of carbonyl (C=O) groups excluding carboxylic acids is 1. The number of amides is 1. The summed E-state index contributed by atoms with van der Waals surface area (Å²) in [5.74, 6) is 0.314. The maximum absolute atomic E-state index is 12.7. The van der Waals surface area contributed by atoms with E-state index in [4.69, 9.17) is 4.74 Å². The fraction of sp³-hybridized carbons (Fsp3) is 0.857. The van der Waals surface area contributed by atoms with Gasteiger partial charge >= 0.3 is 6.18 Å². The summed E-state index contributed by atoms with van der Waals surface area (Å²) in [7, 11) is 3.13. The Hall–Kier alpha value is -1.55. The van der Waals surface area contributed by atoms with Crippen molar-refractivity contribution in [2.45, 2.75) is 19.1 Å². The van der Waals surface area contributed by atoms with Gasteiger partial charge in [0.05, 0.1) is 13.2 Å². The van der Waals surface area contributed by atoms with Crippen LogP contribution in [0.3, 0.4) is 0 Å². The van der Waals surface area contributed by atoms with E-state index >= 15 is 0 Å². The lowest BCUT2D eigenvalue weighted by Crippen LogP contribution is -2.57. The molecule has 0 aromatic carbocycles. The second-order valence-electron chi connectivity index (χ2n) is 5.48. The van der Waals surface area contributed by atoms with Crippen LogP contribution in [0.25, 0.3) is 0 Å². The number of hydrogen-bond donors (Lipinski definition) is 2. The number of nitrogens with one attached hydrogen (secondary N) is 2. The average molecular weight is 353 g/mol. The van der Waals surface area contributed by atoms with Gasteiger partial charge in [0.15, 0.2) is 5.96 Å². The van der Waals surface area contributed by atoms with E-state index in [-0.39, 0.29) is 12.5 Å². The molecule has 0 saturated carbocycles. The van der Waals surface area contributed by atoms with Crippen LogP contribution in [-0.4, -0.2) is 93.9 Å². The summed E-state index contributed by atoms with van der Waals surface area (Å²) in [6.45, 7) is 3.51. The molecule has 2 N–H and O–H groups in total. The number of hydrogen-bond acceptors (Lipinski definition) is 4. The van der Waals surface area contributed by atoms with Gasteiger partial charge in [0.25, 0.3) is 0 Å². The fourth-order valence-electron chi connectivity index (χ4n) is 2.37. The first kappa shape index (κ1) is 20.5. The Labute approximate surface area is 140 Å². The Balaban J connectivity index is 2.40. The third-order valence-electron chi connectivity index (χ3n) is 3.88. The van der Waals surface area contributed by atoms with Gasteiger partial charge in [-0.25, -0.2) is 0 Å². The van der Waals surface area contributed by atoms with E-state index in [0.29, 0.717) is 45.3 Å². The second-order valence-corrected chi connectivity index (χ2v) is 5.48. The molecule has 1 atom stereocenters. The average Bonchev–Trinajstić information content (AvgIpc) is 2.54. The summed E-state index contributed by atoms with van der Waals surface area (Å²) < 4.78 is 43.1. The molecule has 0 spiro atoms. The zero-order valence-electron chi connectivity index (χ0n) is 14.3. The van der Waals surface area contributed by atoms with Crippen LogP contribution >= 0.6 is 0 Å². The van der Waals surface area contributed by atoms with Gasteiger partial charge in [-0.15, -0.1) is 0 Å². The maximum atomic E-state index is 12.7. The van der Waals surface area contributed by atoms with Gasteiger partial charge in [-0.3, -0.25) is 14.7 Å². The minimum absolute atomic E-state index is 0.0511. The molecular weight excluding hydrogens is 327 g/mol. The topological polar surface area (TPSA) is 69.2 Å². The molecule has 1 aliphatic rings. The third-order valence-corrected chi connectivity index (χ3v) is 3.88. The number of aliphatic imine (C=N–C) groups is 1. The Morgan fingerprint density at radius 2 is 1.88 bits per heavy atom. The quantitative estimate of drug-likeness (QED) is 0.396. The Kier molecular flexibility index (Phi) is 8.26. The Morgan fingerprint density at radius 3 is 2.38 bits per heavy atom. The highest BCUT2D eigenvalue weighted by atomic mass is 19.4. The number of halogens is 3. The molecule has 1 unspecified atom stereocenters. The minimum atomic E-state index is -4.22. The first-order valence-electron chi connectivity index (χ1n) is 7.81. The van der Waals surface area contributed by atoms with Crippen molar-refractivity contribution in [1.29, 1.82) is 0 Å². The summed E-state index contributed by atoms with van der Waals surface area (Å²) in [6.07, 6.45) is -4.22. The molecule has 1 saturated heterocycles. The van der Waals surface area contributed by atoms with Crippen LogP contribution in [0.2, 0.25) is 0 Å². The standard InChI is InChI=1S/C14H26F3N5O2/c1-11(14(15,16)17)21-5-7-22(8-6-21)13(18-2)20-10-12(23)19-4-9-24-3/h11H,4-10H2,1-3H3,(H,18,20)(H,19,23). The molecule has 0 aromatic rings. The van der Waals surface area contributed by atoms with Gasteiger partial charge in [0, 0.05) is 46.9 Å². The van der Waals surface area contributed by atoms with Crippen molar-refractivity contribution in [1.82, 2.24) is 20.4 Å².